The van der Waals surface area contributed by atoms with Crippen LogP contribution < -0.4 is 5.32 Å². The summed E-state index contributed by atoms with van der Waals surface area (Å²) in [6, 6.07) is 7.05. The van der Waals surface area contributed by atoms with E-state index in [4.69, 9.17) is 11.6 Å². The molecular weight excluding hydrogens is 281 g/mol. The van der Waals surface area contributed by atoms with Gasteiger partial charge in [-0.15, -0.1) is 0 Å². The third-order valence-corrected chi connectivity index (χ3v) is 4.06. The zero-order chi connectivity index (χ0) is 13.7. The maximum Gasteiger partial charge on any atom is 0.129 e. The fourth-order valence-corrected chi connectivity index (χ4v) is 3.01. The van der Waals surface area contributed by atoms with Crippen LogP contribution in [0.25, 0.3) is 0 Å². The summed E-state index contributed by atoms with van der Waals surface area (Å²) in [5, 5.41) is 7.99. The van der Waals surface area contributed by atoms with Crippen LogP contribution in [0.1, 0.15) is 30.5 Å². The van der Waals surface area contributed by atoms with Crippen molar-refractivity contribution in [1.82, 2.24) is 5.32 Å². The Kier molecular flexibility index (Phi) is 5.37. The standard InChI is InChI=1S/C15H17ClFNS/c1-2-18-15(6-3-11-7-8-19-10-11)13-5-4-12(16)9-14(13)17/h4-5,7-10,15,18H,2-3,6H2,1H3. The minimum absolute atomic E-state index is 0.0298. The van der Waals surface area contributed by atoms with E-state index in [2.05, 4.69) is 22.1 Å². The Morgan fingerprint density at radius 2 is 2.21 bits per heavy atom. The number of aryl methyl sites for hydroxylation is 1. The molecule has 0 amide bonds. The number of hydrogen-bond donors (Lipinski definition) is 1. The molecule has 19 heavy (non-hydrogen) atoms. The minimum Gasteiger partial charge on any atom is -0.310 e. The molecule has 1 aromatic heterocycles. The Morgan fingerprint density at radius 3 is 2.84 bits per heavy atom. The lowest BCUT2D eigenvalue weighted by molar-refractivity contribution is 0.485. The van der Waals surface area contributed by atoms with E-state index in [-0.39, 0.29) is 11.9 Å². The van der Waals surface area contributed by atoms with Gasteiger partial charge in [-0.1, -0.05) is 24.6 Å². The first-order valence-electron chi connectivity index (χ1n) is 6.40. The van der Waals surface area contributed by atoms with Crippen LogP contribution >= 0.6 is 22.9 Å². The van der Waals surface area contributed by atoms with Crippen molar-refractivity contribution >= 4 is 22.9 Å². The third-order valence-electron chi connectivity index (χ3n) is 3.09. The molecule has 0 fully saturated rings. The van der Waals surface area contributed by atoms with Crippen molar-refractivity contribution in [3.8, 4) is 0 Å². The molecule has 0 saturated heterocycles. The number of halogens is 2. The van der Waals surface area contributed by atoms with Gasteiger partial charge in [-0.25, -0.2) is 4.39 Å². The van der Waals surface area contributed by atoms with E-state index in [1.54, 1.807) is 23.5 Å². The molecule has 0 spiro atoms. The van der Waals surface area contributed by atoms with Crippen molar-refractivity contribution in [2.24, 2.45) is 0 Å². The number of benzene rings is 1. The van der Waals surface area contributed by atoms with E-state index in [0.29, 0.717) is 10.6 Å². The van der Waals surface area contributed by atoms with E-state index in [9.17, 15) is 4.39 Å². The summed E-state index contributed by atoms with van der Waals surface area (Å²) in [4.78, 5) is 0. The maximum absolute atomic E-state index is 14.0. The van der Waals surface area contributed by atoms with Gasteiger partial charge in [0, 0.05) is 16.6 Å². The summed E-state index contributed by atoms with van der Waals surface area (Å²) in [5.74, 6) is -0.233. The maximum atomic E-state index is 14.0. The quantitative estimate of drug-likeness (QED) is 0.806. The minimum atomic E-state index is -0.233. The van der Waals surface area contributed by atoms with E-state index in [0.717, 1.165) is 19.4 Å². The van der Waals surface area contributed by atoms with Gasteiger partial charge in [0.1, 0.15) is 5.82 Å². The van der Waals surface area contributed by atoms with Crippen LogP contribution in [-0.4, -0.2) is 6.54 Å². The van der Waals surface area contributed by atoms with Gasteiger partial charge in [-0.3, -0.25) is 0 Å². The molecule has 0 saturated carbocycles. The second-order valence-electron chi connectivity index (χ2n) is 4.45. The molecule has 0 aliphatic carbocycles. The first-order chi connectivity index (χ1) is 9.20. The van der Waals surface area contributed by atoms with Crippen molar-refractivity contribution in [2.75, 3.05) is 6.54 Å². The zero-order valence-electron chi connectivity index (χ0n) is 10.8. The molecule has 4 heteroatoms. The Labute approximate surface area is 122 Å². The van der Waals surface area contributed by atoms with Crippen molar-refractivity contribution in [2.45, 2.75) is 25.8 Å². The Balaban J connectivity index is 2.10. The molecule has 102 valence electrons. The Hall–Kier alpha value is -0.900. The fourth-order valence-electron chi connectivity index (χ4n) is 2.14. The Bertz CT molecular complexity index is 513. The van der Waals surface area contributed by atoms with E-state index < -0.39 is 0 Å². The molecule has 0 radical (unpaired) electrons. The van der Waals surface area contributed by atoms with E-state index >= 15 is 0 Å². The van der Waals surface area contributed by atoms with Crippen LogP contribution in [0.4, 0.5) is 4.39 Å². The first kappa shape index (κ1) is 14.5. The van der Waals surface area contributed by atoms with Crippen LogP contribution in [0.3, 0.4) is 0 Å². The van der Waals surface area contributed by atoms with Crippen LogP contribution in [0.15, 0.2) is 35.0 Å². The number of rotatable bonds is 6. The number of thiophene rings is 1. The van der Waals surface area contributed by atoms with Crippen molar-refractivity contribution < 1.29 is 4.39 Å². The summed E-state index contributed by atoms with van der Waals surface area (Å²) in [5.41, 5.74) is 2.00. The highest BCUT2D eigenvalue weighted by Gasteiger charge is 2.15. The number of nitrogens with one attached hydrogen (secondary N) is 1. The SMILES string of the molecule is CCNC(CCc1ccsc1)c1ccc(Cl)cc1F. The van der Waals surface area contributed by atoms with Crippen LogP contribution in [-0.2, 0) is 6.42 Å². The lowest BCUT2D eigenvalue weighted by atomic mass is 9.99. The average molecular weight is 298 g/mol. The van der Waals surface area contributed by atoms with Gasteiger partial charge in [0.25, 0.3) is 0 Å². The second-order valence-corrected chi connectivity index (χ2v) is 5.66. The lowest BCUT2D eigenvalue weighted by Crippen LogP contribution is -2.22. The molecule has 0 aliphatic heterocycles. The van der Waals surface area contributed by atoms with Gasteiger partial charge < -0.3 is 5.32 Å². The van der Waals surface area contributed by atoms with Crippen LogP contribution in [0.5, 0.6) is 0 Å². The number of hydrogen-bond acceptors (Lipinski definition) is 2. The van der Waals surface area contributed by atoms with Crippen molar-refractivity contribution in [1.29, 1.82) is 0 Å². The summed E-state index contributed by atoms with van der Waals surface area (Å²) in [7, 11) is 0. The van der Waals surface area contributed by atoms with Gasteiger partial charge >= 0.3 is 0 Å². The molecule has 1 atom stereocenters. The van der Waals surface area contributed by atoms with Crippen molar-refractivity contribution in [3.05, 3.63) is 57.0 Å². The van der Waals surface area contributed by atoms with Crippen LogP contribution in [0, 0.1) is 5.82 Å². The fraction of sp³-hybridized carbons (Fsp3) is 0.333. The molecule has 0 aliphatic rings. The van der Waals surface area contributed by atoms with Crippen molar-refractivity contribution in [3.63, 3.8) is 0 Å². The monoisotopic (exact) mass is 297 g/mol. The molecule has 2 aromatic rings. The van der Waals surface area contributed by atoms with Gasteiger partial charge in [0.2, 0.25) is 0 Å². The molecule has 1 aromatic carbocycles. The highest BCUT2D eigenvalue weighted by Crippen LogP contribution is 2.25. The molecule has 0 bridgehead atoms. The predicted molar refractivity (Wildman–Crippen MR) is 80.5 cm³/mol. The molecule has 1 unspecified atom stereocenters. The van der Waals surface area contributed by atoms with Crippen LogP contribution in [0.2, 0.25) is 5.02 Å². The summed E-state index contributed by atoms with van der Waals surface area (Å²) < 4.78 is 14.0. The molecule has 1 heterocycles. The van der Waals surface area contributed by atoms with Gasteiger partial charge in [0.15, 0.2) is 0 Å². The predicted octanol–water partition coefficient (Wildman–Crippen LogP) is 4.82. The summed E-state index contributed by atoms with van der Waals surface area (Å²) >= 11 is 7.49. The highest BCUT2D eigenvalue weighted by molar-refractivity contribution is 7.07. The lowest BCUT2D eigenvalue weighted by Gasteiger charge is -2.19. The topological polar surface area (TPSA) is 12.0 Å². The normalized spacial score (nSPS) is 12.6. The smallest absolute Gasteiger partial charge is 0.129 e. The zero-order valence-corrected chi connectivity index (χ0v) is 12.4. The Morgan fingerprint density at radius 1 is 1.37 bits per heavy atom. The van der Waals surface area contributed by atoms with Gasteiger partial charge in [0.05, 0.1) is 0 Å². The van der Waals surface area contributed by atoms with E-state index in [1.165, 1.54) is 11.6 Å². The average Bonchev–Trinajstić information content (AvgIpc) is 2.88. The molecule has 1 N–H and O–H groups in total. The van der Waals surface area contributed by atoms with E-state index in [1.807, 2.05) is 6.92 Å². The second kappa shape index (κ2) is 7.04. The van der Waals surface area contributed by atoms with Gasteiger partial charge in [-0.2, -0.15) is 11.3 Å². The molecule has 1 nitrogen and oxygen atoms in total. The summed E-state index contributed by atoms with van der Waals surface area (Å²) in [6.45, 7) is 2.85. The highest BCUT2D eigenvalue weighted by atomic mass is 35.5. The largest absolute Gasteiger partial charge is 0.310 e. The molecular formula is C15H17ClFNS. The molecule has 2 rings (SSSR count). The van der Waals surface area contributed by atoms with Gasteiger partial charge in [-0.05, 0) is 53.9 Å². The first-order valence-corrected chi connectivity index (χ1v) is 7.72. The third kappa shape index (κ3) is 4.03. The summed E-state index contributed by atoms with van der Waals surface area (Å²) in [6.07, 6.45) is 1.83.